The monoisotopic (exact) mass is 387 g/mol. The van der Waals surface area contributed by atoms with Crippen molar-refractivity contribution in [1.29, 1.82) is 0 Å². The van der Waals surface area contributed by atoms with Crippen LogP contribution in [0.25, 0.3) is 5.70 Å². The smallest absolute Gasteiger partial charge is 0.178 e. The molecule has 27 heavy (non-hydrogen) atoms. The predicted molar refractivity (Wildman–Crippen MR) is 106 cm³/mol. The molecule has 2 heterocycles. The molecule has 1 aliphatic carbocycles. The van der Waals surface area contributed by atoms with Gasteiger partial charge in [0.05, 0.1) is 28.1 Å². The minimum Gasteiger partial charge on any atom is -0.490 e. The second-order valence-corrected chi connectivity index (χ2v) is 9.48. The normalized spacial score (nSPS) is 19.9. The third kappa shape index (κ3) is 3.48. The zero-order chi connectivity index (χ0) is 19.0. The number of fused-ring (bicyclic) bond motifs is 1. The summed E-state index contributed by atoms with van der Waals surface area (Å²) in [5.74, 6) is 0.816. The molecule has 4 rings (SSSR count). The molecule has 0 amide bonds. The Morgan fingerprint density at radius 2 is 2.00 bits per heavy atom. The maximum absolute atomic E-state index is 12.5. The van der Waals surface area contributed by atoms with Crippen LogP contribution in [-0.4, -0.2) is 50.0 Å². The van der Waals surface area contributed by atoms with E-state index in [-0.39, 0.29) is 11.9 Å². The molecule has 0 unspecified atom stereocenters. The van der Waals surface area contributed by atoms with Crippen LogP contribution in [-0.2, 0) is 9.84 Å². The van der Waals surface area contributed by atoms with Crippen molar-refractivity contribution in [3.05, 3.63) is 41.9 Å². The molecular formula is C20H25N3O3S. The van der Waals surface area contributed by atoms with Crippen molar-refractivity contribution in [2.75, 3.05) is 19.5 Å². The lowest BCUT2D eigenvalue weighted by atomic mass is 10.1. The average molecular weight is 388 g/mol. The largest absolute Gasteiger partial charge is 0.490 e. The van der Waals surface area contributed by atoms with Gasteiger partial charge in [-0.3, -0.25) is 4.99 Å². The number of allylic oxidation sites excluding steroid dienone is 1. The Hall–Kier alpha value is -2.28. The Morgan fingerprint density at radius 3 is 2.74 bits per heavy atom. The van der Waals surface area contributed by atoms with Crippen LogP contribution >= 0.6 is 0 Å². The van der Waals surface area contributed by atoms with Gasteiger partial charge in [0.15, 0.2) is 9.84 Å². The minimum absolute atomic E-state index is 0.0756. The fourth-order valence-corrected chi connectivity index (χ4v) is 4.67. The van der Waals surface area contributed by atoms with E-state index in [1.165, 1.54) is 12.8 Å². The first-order valence-electron chi connectivity index (χ1n) is 9.45. The van der Waals surface area contributed by atoms with Gasteiger partial charge in [-0.1, -0.05) is 6.92 Å². The SMILES string of the molecule is CCS(=O)(=O)c1ccc(OC2CCCC2)c(C2=CN(C)C=C3C=NCN32)c1. The van der Waals surface area contributed by atoms with Crippen LogP contribution in [0.15, 0.2) is 46.2 Å². The van der Waals surface area contributed by atoms with Crippen molar-refractivity contribution in [3.8, 4) is 5.75 Å². The summed E-state index contributed by atoms with van der Waals surface area (Å²) in [6, 6.07) is 5.23. The van der Waals surface area contributed by atoms with Gasteiger partial charge in [0.25, 0.3) is 0 Å². The molecule has 0 atom stereocenters. The molecule has 0 saturated heterocycles. The molecular weight excluding hydrogens is 362 g/mol. The maximum atomic E-state index is 12.5. The molecule has 144 valence electrons. The number of ether oxygens (including phenoxy) is 1. The predicted octanol–water partition coefficient (Wildman–Crippen LogP) is 3.23. The highest BCUT2D eigenvalue weighted by Gasteiger charge is 2.28. The van der Waals surface area contributed by atoms with Crippen LogP contribution in [0.2, 0.25) is 0 Å². The van der Waals surface area contributed by atoms with Crippen LogP contribution in [0.1, 0.15) is 38.2 Å². The van der Waals surface area contributed by atoms with Crippen LogP contribution in [0.3, 0.4) is 0 Å². The number of aliphatic imine (C=N–C) groups is 1. The second-order valence-electron chi connectivity index (χ2n) is 7.20. The first kappa shape index (κ1) is 18.1. The first-order valence-corrected chi connectivity index (χ1v) is 11.1. The van der Waals surface area contributed by atoms with E-state index in [4.69, 9.17) is 4.74 Å². The molecule has 1 saturated carbocycles. The van der Waals surface area contributed by atoms with Gasteiger partial charge in [-0.15, -0.1) is 0 Å². The number of hydrogen-bond acceptors (Lipinski definition) is 6. The van der Waals surface area contributed by atoms with Crippen molar-refractivity contribution >= 4 is 21.7 Å². The molecule has 0 aromatic heterocycles. The Morgan fingerprint density at radius 1 is 1.22 bits per heavy atom. The number of sulfone groups is 1. The van der Waals surface area contributed by atoms with Gasteiger partial charge < -0.3 is 14.5 Å². The van der Waals surface area contributed by atoms with Gasteiger partial charge in [0.1, 0.15) is 12.4 Å². The Kier molecular flexibility index (Phi) is 4.72. The Bertz CT molecular complexity index is 928. The molecule has 1 aromatic carbocycles. The number of nitrogens with zero attached hydrogens (tertiary/aromatic N) is 3. The quantitative estimate of drug-likeness (QED) is 0.776. The van der Waals surface area contributed by atoms with Gasteiger partial charge in [-0.2, -0.15) is 0 Å². The molecule has 0 bridgehead atoms. The van der Waals surface area contributed by atoms with Crippen LogP contribution in [0.4, 0.5) is 0 Å². The summed E-state index contributed by atoms with van der Waals surface area (Å²) in [7, 11) is -1.34. The van der Waals surface area contributed by atoms with Crippen LogP contribution < -0.4 is 4.74 Å². The fraction of sp³-hybridized carbons (Fsp3) is 0.450. The van der Waals surface area contributed by atoms with Gasteiger partial charge in [-0.25, -0.2) is 8.42 Å². The van der Waals surface area contributed by atoms with E-state index >= 15 is 0 Å². The van der Waals surface area contributed by atoms with E-state index in [0.29, 0.717) is 11.6 Å². The van der Waals surface area contributed by atoms with E-state index in [0.717, 1.165) is 35.5 Å². The number of benzene rings is 1. The third-order valence-corrected chi connectivity index (χ3v) is 7.01. The summed E-state index contributed by atoms with van der Waals surface area (Å²) in [5, 5.41) is 0. The minimum atomic E-state index is -3.30. The lowest BCUT2D eigenvalue weighted by Crippen LogP contribution is -2.26. The molecule has 2 aliphatic heterocycles. The zero-order valence-corrected chi connectivity index (χ0v) is 16.6. The van der Waals surface area contributed by atoms with Crippen molar-refractivity contribution in [3.63, 3.8) is 0 Å². The van der Waals surface area contributed by atoms with Crippen molar-refractivity contribution < 1.29 is 13.2 Å². The highest BCUT2D eigenvalue weighted by molar-refractivity contribution is 7.91. The number of hydrogen-bond donors (Lipinski definition) is 0. The second kappa shape index (κ2) is 7.03. The first-order chi connectivity index (χ1) is 13.0. The van der Waals surface area contributed by atoms with Gasteiger partial charge in [-0.05, 0) is 43.9 Å². The zero-order valence-electron chi connectivity index (χ0n) is 15.8. The van der Waals surface area contributed by atoms with E-state index in [2.05, 4.69) is 9.89 Å². The van der Waals surface area contributed by atoms with Crippen molar-refractivity contribution in [2.45, 2.75) is 43.6 Å². The summed E-state index contributed by atoms with van der Waals surface area (Å²) in [5.41, 5.74) is 2.71. The maximum Gasteiger partial charge on any atom is 0.178 e. The average Bonchev–Trinajstić information content (AvgIpc) is 3.33. The van der Waals surface area contributed by atoms with E-state index < -0.39 is 9.84 Å². The highest BCUT2D eigenvalue weighted by atomic mass is 32.2. The van der Waals surface area contributed by atoms with Gasteiger partial charge >= 0.3 is 0 Å². The van der Waals surface area contributed by atoms with E-state index in [1.807, 2.05) is 36.6 Å². The van der Waals surface area contributed by atoms with Crippen LogP contribution in [0.5, 0.6) is 5.75 Å². The molecule has 0 spiro atoms. The molecule has 6 nitrogen and oxygen atoms in total. The summed E-state index contributed by atoms with van der Waals surface area (Å²) >= 11 is 0. The lowest BCUT2D eigenvalue weighted by Gasteiger charge is -2.30. The van der Waals surface area contributed by atoms with E-state index in [1.54, 1.807) is 19.1 Å². The van der Waals surface area contributed by atoms with Gasteiger partial charge in [0.2, 0.25) is 0 Å². The molecule has 7 heteroatoms. The van der Waals surface area contributed by atoms with Gasteiger partial charge in [0, 0.05) is 31.2 Å². The molecule has 1 aromatic rings. The standard InChI is InChI=1S/C20H25N3O3S/c1-3-27(24,25)17-8-9-20(26-16-6-4-5-7-16)18(10-17)19-13-22(2)12-15-11-21-14-23(15)19/h8-13,16H,3-7,14H2,1-2H3. The Balaban J connectivity index is 1.79. The fourth-order valence-electron chi connectivity index (χ4n) is 3.77. The summed E-state index contributed by atoms with van der Waals surface area (Å²) in [4.78, 5) is 8.75. The molecule has 0 N–H and O–H groups in total. The Labute approximate surface area is 160 Å². The van der Waals surface area contributed by atoms with Crippen molar-refractivity contribution in [1.82, 2.24) is 9.80 Å². The van der Waals surface area contributed by atoms with Crippen LogP contribution in [0, 0.1) is 0 Å². The number of rotatable bonds is 5. The molecule has 3 aliphatic rings. The molecule has 0 radical (unpaired) electrons. The summed E-state index contributed by atoms with van der Waals surface area (Å²) in [6.07, 6.45) is 10.5. The lowest BCUT2D eigenvalue weighted by molar-refractivity contribution is 0.209. The topological polar surface area (TPSA) is 62.2 Å². The van der Waals surface area contributed by atoms with E-state index in [9.17, 15) is 8.42 Å². The third-order valence-electron chi connectivity index (χ3n) is 5.27. The highest BCUT2D eigenvalue weighted by Crippen LogP contribution is 2.37. The molecule has 1 fully saturated rings. The van der Waals surface area contributed by atoms with Crippen molar-refractivity contribution in [2.24, 2.45) is 4.99 Å². The summed E-state index contributed by atoms with van der Waals surface area (Å²) in [6.45, 7) is 2.19. The summed E-state index contributed by atoms with van der Waals surface area (Å²) < 4.78 is 31.2.